The van der Waals surface area contributed by atoms with Crippen LogP contribution >= 0.6 is 11.3 Å². The number of hydrogen-bond acceptors (Lipinski definition) is 4. The Morgan fingerprint density at radius 1 is 1.25 bits per heavy atom. The SMILES string of the molecule is CCCNc1cc(-c2sccc2C)nc(C(C)(C)C)n1. The van der Waals surface area contributed by atoms with Crippen molar-refractivity contribution in [1.29, 1.82) is 0 Å². The van der Waals surface area contributed by atoms with Gasteiger partial charge >= 0.3 is 0 Å². The first-order valence-electron chi connectivity index (χ1n) is 7.09. The largest absolute Gasteiger partial charge is 0.370 e. The third kappa shape index (κ3) is 3.37. The Kier molecular flexibility index (Phi) is 4.43. The lowest BCUT2D eigenvalue weighted by Gasteiger charge is -2.19. The molecule has 0 amide bonds. The molecule has 20 heavy (non-hydrogen) atoms. The number of aromatic nitrogens is 2. The third-order valence-corrected chi connectivity index (χ3v) is 4.09. The van der Waals surface area contributed by atoms with Crippen LogP contribution in [0.4, 0.5) is 5.82 Å². The van der Waals surface area contributed by atoms with Crippen molar-refractivity contribution < 1.29 is 0 Å². The summed E-state index contributed by atoms with van der Waals surface area (Å²) in [5.74, 6) is 1.82. The zero-order valence-corrected chi connectivity index (χ0v) is 13.8. The van der Waals surface area contributed by atoms with Crippen LogP contribution in [-0.4, -0.2) is 16.5 Å². The number of nitrogens with zero attached hydrogens (tertiary/aromatic N) is 2. The molecule has 0 atom stereocenters. The van der Waals surface area contributed by atoms with Gasteiger partial charge in [0.05, 0.1) is 10.6 Å². The fourth-order valence-electron chi connectivity index (χ4n) is 1.88. The van der Waals surface area contributed by atoms with E-state index in [0.29, 0.717) is 0 Å². The van der Waals surface area contributed by atoms with Gasteiger partial charge in [-0.1, -0.05) is 27.7 Å². The van der Waals surface area contributed by atoms with Crippen molar-refractivity contribution in [2.75, 3.05) is 11.9 Å². The molecule has 0 saturated heterocycles. The number of rotatable bonds is 4. The molecule has 0 aliphatic carbocycles. The van der Waals surface area contributed by atoms with Gasteiger partial charge in [-0.15, -0.1) is 11.3 Å². The summed E-state index contributed by atoms with van der Waals surface area (Å²) in [5.41, 5.74) is 2.25. The quantitative estimate of drug-likeness (QED) is 0.891. The Labute approximate surface area is 125 Å². The van der Waals surface area contributed by atoms with E-state index < -0.39 is 0 Å². The van der Waals surface area contributed by atoms with Gasteiger partial charge in [0.1, 0.15) is 11.6 Å². The van der Waals surface area contributed by atoms with Gasteiger partial charge in [-0.2, -0.15) is 0 Å². The van der Waals surface area contributed by atoms with Crippen LogP contribution in [0.3, 0.4) is 0 Å². The fraction of sp³-hybridized carbons (Fsp3) is 0.500. The number of anilines is 1. The summed E-state index contributed by atoms with van der Waals surface area (Å²) in [6.45, 7) is 11.7. The molecule has 0 aromatic carbocycles. The minimum absolute atomic E-state index is 0.0518. The molecule has 0 aliphatic heterocycles. The van der Waals surface area contributed by atoms with Crippen LogP contribution in [0.15, 0.2) is 17.5 Å². The van der Waals surface area contributed by atoms with E-state index in [1.807, 2.05) is 0 Å². The molecule has 2 rings (SSSR count). The Morgan fingerprint density at radius 2 is 2.00 bits per heavy atom. The Balaban J connectivity index is 2.48. The third-order valence-electron chi connectivity index (χ3n) is 3.05. The second-order valence-corrected chi connectivity index (χ2v) is 6.99. The monoisotopic (exact) mass is 289 g/mol. The summed E-state index contributed by atoms with van der Waals surface area (Å²) >= 11 is 1.74. The molecule has 0 saturated carbocycles. The van der Waals surface area contributed by atoms with E-state index in [2.05, 4.69) is 62.4 Å². The molecule has 2 aromatic rings. The summed E-state index contributed by atoms with van der Waals surface area (Å²) in [6.07, 6.45) is 1.09. The van der Waals surface area contributed by atoms with E-state index in [1.54, 1.807) is 11.3 Å². The smallest absolute Gasteiger partial charge is 0.136 e. The second-order valence-electron chi connectivity index (χ2n) is 6.07. The molecule has 4 heteroatoms. The van der Waals surface area contributed by atoms with E-state index in [9.17, 15) is 0 Å². The minimum Gasteiger partial charge on any atom is -0.370 e. The minimum atomic E-state index is -0.0518. The average Bonchev–Trinajstić information content (AvgIpc) is 2.81. The van der Waals surface area contributed by atoms with Crippen LogP contribution in [0.1, 0.15) is 45.5 Å². The summed E-state index contributed by atoms with van der Waals surface area (Å²) < 4.78 is 0. The molecule has 0 unspecified atom stereocenters. The van der Waals surface area contributed by atoms with Gasteiger partial charge in [-0.3, -0.25) is 0 Å². The van der Waals surface area contributed by atoms with Gasteiger partial charge in [-0.05, 0) is 30.4 Å². The van der Waals surface area contributed by atoms with Crippen LogP contribution in [0, 0.1) is 6.92 Å². The number of aryl methyl sites for hydroxylation is 1. The number of nitrogens with one attached hydrogen (secondary N) is 1. The van der Waals surface area contributed by atoms with Crippen LogP contribution in [0.25, 0.3) is 10.6 Å². The van der Waals surface area contributed by atoms with Gasteiger partial charge in [0.2, 0.25) is 0 Å². The van der Waals surface area contributed by atoms with E-state index in [4.69, 9.17) is 4.98 Å². The number of thiophene rings is 1. The second kappa shape index (κ2) is 5.92. The molecular formula is C16H23N3S. The van der Waals surface area contributed by atoms with Gasteiger partial charge in [-0.25, -0.2) is 9.97 Å². The highest BCUT2D eigenvalue weighted by molar-refractivity contribution is 7.13. The molecule has 2 aromatic heterocycles. The van der Waals surface area contributed by atoms with Crippen molar-refractivity contribution in [3.63, 3.8) is 0 Å². The first-order valence-corrected chi connectivity index (χ1v) is 7.97. The maximum absolute atomic E-state index is 4.78. The average molecular weight is 289 g/mol. The molecule has 0 aliphatic rings. The molecule has 1 N–H and O–H groups in total. The lowest BCUT2D eigenvalue weighted by molar-refractivity contribution is 0.546. The predicted molar refractivity (Wildman–Crippen MR) is 87.6 cm³/mol. The van der Waals surface area contributed by atoms with Gasteiger partial charge in [0.15, 0.2) is 0 Å². The maximum atomic E-state index is 4.78. The fourth-order valence-corrected chi connectivity index (χ4v) is 2.77. The zero-order valence-electron chi connectivity index (χ0n) is 12.9. The van der Waals surface area contributed by atoms with E-state index in [-0.39, 0.29) is 5.41 Å². The number of hydrogen-bond donors (Lipinski definition) is 1. The molecule has 0 fully saturated rings. The topological polar surface area (TPSA) is 37.8 Å². The standard InChI is InChI=1S/C16H23N3S/c1-6-8-17-13-10-12(14-11(2)7-9-20-14)18-15(19-13)16(3,4)5/h7,9-10H,6,8H2,1-5H3,(H,17,18,19). The van der Waals surface area contributed by atoms with Crippen molar-refractivity contribution in [3.8, 4) is 10.6 Å². The Morgan fingerprint density at radius 3 is 2.55 bits per heavy atom. The zero-order chi connectivity index (χ0) is 14.8. The van der Waals surface area contributed by atoms with Gasteiger partial charge < -0.3 is 5.32 Å². The molecule has 0 bridgehead atoms. The van der Waals surface area contributed by atoms with Crippen LogP contribution in [0.5, 0.6) is 0 Å². The summed E-state index contributed by atoms with van der Waals surface area (Å²) in [6, 6.07) is 4.20. The molecule has 108 valence electrons. The van der Waals surface area contributed by atoms with Crippen molar-refractivity contribution in [1.82, 2.24) is 9.97 Å². The summed E-state index contributed by atoms with van der Waals surface area (Å²) in [4.78, 5) is 10.7. The highest BCUT2D eigenvalue weighted by Crippen LogP contribution is 2.31. The van der Waals surface area contributed by atoms with Crippen molar-refractivity contribution in [3.05, 3.63) is 28.9 Å². The lowest BCUT2D eigenvalue weighted by Crippen LogP contribution is -2.18. The van der Waals surface area contributed by atoms with Crippen LogP contribution < -0.4 is 5.32 Å². The molecular weight excluding hydrogens is 266 g/mol. The first kappa shape index (κ1) is 15.0. The van der Waals surface area contributed by atoms with Gasteiger partial charge in [0.25, 0.3) is 0 Å². The predicted octanol–water partition coefficient (Wildman–Crippen LogP) is 4.63. The maximum Gasteiger partial charge on any atom is 0.136 e. The van der Waals surface area contributed by atoms with E-state index in [1.165, 1.54) is 10.4 Å². The highest BCUT2D eigenvalue weighted by atomic mass is 32.1. The van der Waals surface area contributed by atoms with E-state index >= 15 is 0 Å². The summed E-state index contributed by atoms with van der Waals surface area (Å²) in [5, 5.41) is 5.50. The van der Waals surface area contributed by atoms with Crippen LogP contribution in [0.2, 0.25) is 0 Å². The Bertz CT molecular complexity index is 582. The van der Waals surface area contributed by atoms with Crippen LogP contribution in [-0.2, 0) is 5.41 Å². The van der Waals surface area contributed by atoms with Crippen molar-refractivity contribution in [2.45, 2.75) is 46.5 Å². The van der Waals surface area contributed by atoms with Crippen molar-refractivity contribution >= 4 is 17.2 Å². The lowest BCUT2D eigenvalue weighted by atomic mass is 9.95. The highest BCUT2D eigenvalue weighted by Gasteiger charge is 2.20. The molecule has 3 nitrogen and oxygen atoms in total. The van der Waals surface area contributed by atoms with Crippen molar-refractivity contribution in [2.24, 2.45) is 0 Å². The van der Waals surface area contributed by atoms with Gasteiger partial charge in [0, 0.05) is 18.0 Å². The first-order chi connectivity index (χ1) is 9.41. The normalized spacial score (nSPS) is 11.7. The molecule has 0 spiro atoms. The van der Waals surface area contributed by atoms with E-state index in [0.717, 1.165) is 30.3 Å². The molecule has 0 radical (unpaired) electrons. The summed E-state index contributed by atoms with van der Waals surface area (Å²) in [7, 11) is 0. The Hall–Kier alpha value is -1.42. The molecule has 2 heterocycles.